The Morgan fingerprint density at radius 2 is 1.85 bits per heavy atom. The largest absolute Gasteiger partial charge is 0.343 e. The molecular weight excluding hydrogens is 400 g/mol. The zero-order valence-corrected chi connectivity index (χ0v) is 18.0. The van der Waals surface area contributed by atoms with Crippen LogP contribution < -0.4 is 4.72 Å². The standard InChI is InChI=1S/C19H28N2O3S3/c22-19(9-5-4-6-17-12-15-25-26-17)21-13-10-16(11-14-21)20-27(23,24)18-7-2-1-3-8-18/h1-3,7-8,16-17,20H,4-6,9-15H2. The van der Waals surface area contributed by atoms with E-state index in [-0.39, 0.29) is 11.9 Å². The lowest BCUT2D eigenvalue weighted by atomic mass is 10.0. The molecule has 0 bridgehead atoms. The van der Waals surface area contributed by atoms with Crippen LogP contribution >= 0.6 is 21.6 Å². The van der Waals surface area contributed by atoms with Crippen molar-refractivity contribution in [1.29, 1.82) is 0 Å². The van der Waals surface area contributed by atoms with E-state index in [2.05, 4.69) is 4.72 Å². The Kier molecular flexibility index (Phi) is 7.93. The van der Waals surface area contributed by atoms with E-state index in [4.69, 9.17) is 0 Å². The summed E-state index contributed by atoms with van der Waals surface area (Å²) in [5.41, 5.74) is 0. The Morgan fingerprint density at radius 1 is 1.11 bits per heavy atom. The smallest absolute Gasteiger partial charge is 0.240 e. The van der Waals surface area contributed by atoms with E-state index >= 15 is 0 Å². The van der Waals surface area contributed by atoms with Crippen LogP contribution in [0.3, 0.4) is 0 Å². The molecule has 150 valence electrons. The molecule has 2 aliphatic rings. The monoisotopic (exact) mass is 428 g/mol. The van der Waals surface area contributed by atoms with Gasteiger partial charge in [-0.15, -0.1) is 0 Å². The number of piperidine rings is 1. The van der Waals surface area contributed by atoms with Gasteiger partial charge in [-0.05, 0) is 44.2 Å². The van der Waals surface area contributed by atoms with Crippen LogP contribution in [0, 0.1) is 0 Å². The second-order valence-corrected chi connectivity index (χ2v) is 11.7. The number of nitrogens with one attached hydrogen (secondary N) is 1. The molecule has 1 aromatic rings. The van der Waals surface area contributed by atoms with Crippen molar-refractivity contribution >= 4 is 37.5 Å². The van der Waals surface area contributed by atoms with Gasteiger partial charge in [-0.1, -0.05) is 46.2 Å². The zero-order chi connectivity index (χ0) is 19.1. The summed E-state index contributed by atoms with van der Waals surface area (Å²) in [6.45, 7) is 1.27. The topological polar surface area (TPSA) is 66.5 Å². The second kappa shape index (κ2) is 10.2. The maximum atomic E-state index is 12.4. The van der Waals surface area contributed by atoms with Crippen LogP contribution in [0.4, 0.5) is 0 Å². The minimum atomic E-state index is -3.48. The average Bonchev–Trinajstić information content (AvgIpc) is 3.20. The first-order valence-electron chi connectivity index (χ1n) is 9.68. The fraction of sp³-hybridized carbons (Fsp3) is 0.632. The summed E-state index contributed by atoms with van der Waals surface area (Å²) >= 11 is 0. The molecular formula is C19H28N2O3S3. The first-order chi connectivity index (χ1) is 13.0. The molecule has 1 unspecified atom stereocenters. The van der Waals surface area contributed by atoms with Crippen LogP contribution in [0.25, 0.3) is 0 Å². The summed E-state index contributed by atoms with van der Waals surface area (Å²) in [5, 5.41) is 0.776. The van der Waals surface area contributed by atoms with Gasteiger partial charge in [0.25, 0.3) is 0 Å². The van der Waals surface area contributed by atoms with E-state index in [9.17, 15) is 13.2 Å². The number of nitrogens with zero attached hydrogens (tertiary/aromatic N) is 1. The van der Waals surface area contributed by atoms with Crippen LogP contribution in [0.2, 0.25) is 0 Å². The number of benzene rings is 1. The van der Waals surface area contributed by atoms with E-state index in [1.54, 1.807) is 30.3 Å². The summed E-state index contributed by atoms with van der Waals surface area (Å²) < 4.78 is 27.6. The van der Waals surface area contributed by atoms with E-state index in [0.29, 0.717) is 37.2 Å². The Balaban J connectivity index is 1.36. The van der Waals surface area contributed by atoms with Crippen molar-refractivity contribution in [3.63, 3.8) is 0 Å². The summed E-state index contributed by atoms with van der Waals surface area (Å²) in [6.07, 6.45) is 6.56. The number of hydrogen-bond acceptors (Lipinski definition) is 5. The Labute approximate surface area is 170 Å². The van der Waals surface area contributed by atoms with Crippen molar-refractivity contribution in [3.8, 4) is 0 Å². The highest BCUT2D eigenvalue weighted by atomic mass is 33.1. The summed E-state index contributed by atoms with van der Waals surface area (Å²) in [6, 6.07) is 8.35. The normalized spacial score (nSPS) is 21.5. The molecule has 1 aromatic carbocycles. The summed E-state index contributed by atoms with van der Waals surface area (Å²) in [5.74, 6) is 1.48. The summed E-state index contributed by atoms with van der Waals surface area (Å²) in [7, 11) is 0.481. The molecule has 3 rings (SSSR count). The van der Waals surface area contributed by atoms with Crippen molar-refractivity contribution < 1.29 is 13.2 Å². The molecule has 27 heavy (non-hydrogen) atoms. The number of unbranched alkanes of at least 4 members (excludes halogenated alkanes) is 1. The van der Waals surface area contributed by atoms with Gasteiger partial charge in [0.2, 0.25) is 15.9 Å². The average molecular weight is 429 g/mol. The molecule has 2 aliphatic heterocycles. The number of carbonyl (C=O) groups is 1. The SMILES string of the molecule is O=C(CCCCC1CCSS1)N1CCC(NS(=O)(=O)c2ccccc2)CC1. The van der Waals surface area contributed by atoms with Gasteiger partial charge >= 0.3 is 0 Å². The predicted molar refractivity (Wildman–Crippen MR) is 113 cm³/mol. The predicted octanol–water partition coefficient (Wildman–Crippen LogP) is 3.67. The van der Waals surface area contributed by atoms with Gasteiger partial charge in [0, 0.05) is 36.6 Å². The van der Waals surface area contributed by atoms with Crippen LogP contribution in [0.1, 0.15) is 44.9 Å². The Hall–Kier alpha value is -0.700. The van der Waals surface area contributed by atoms with Gasteiger partial charge in [-0.2, -0.15) is 0 Å². The lowest BCUT2D eigenvalue weighted by Gasteiger charge is -2.32. The zero-order valence-electron chi connectivity index (χ0n) is 15.5. The maximum Gasteiger partial charge on any atom is 0.240 e. The number of likely N-dealkylation sites (tertiary alicyclic amines) is 1. The number of amides is 1. The Bertz CT molecular complexity index is 698. The molecule has 2 fully saturated rings. The van der Waals surface area contributed by atoms with Gasteiger partial charge in [0.1, 0.15) is 0 Å². The van der Waals surface area contributed by atoms with Gasteiger partial charge in [0.05, 0.1) is 4.90 Å². The van der Waals surface area contributed by atoms with Crippen LogP contribution in [-0.4, -0.2) is 49.4 Å². The minimum absolute atomic E-state index is 0.101. The summed E-state index contributed by atoms with van der Waals surface area (Å²) in [4.78, 5) is 14.6. The molecule has 1 atom stereocenters. The second-order valence-electron chi connectivity index (χ2n) is 7.16. The first kappa shape index (κ1) is 21.0. The van der Waals surface area contributed by atoms with Crippen molar-refractivity contribution in [2.45, 2.75) is 61.1 Å². The third kappa shape index (κ3) is 6.41. The van der Waals surface area contributed by atoms with Gasteiger partial charge in [-0.3, -0.25) is 4.79 Å². The number of carbonyl (C=O) groups excluding carboxylic acids is 1. The van der Waals surface area contributed by atoms with E-state index in [0.717, 1.165) is 18.1 Å². The molecule has 1 N–H and O–H groups in total. The Morgan fingerprint density at radius 3 is 2.52 bits per heavy atom. The lowest BCUT2D eigenvalue weighted by molar-refractivity contribution is -0.132. The number of sulfonamides is 1. The quantitative estimate of drug-likeness (QED) is 0.505. The third-order valence-electron chi connectivity index (χ3n) is 5.12. The van der Waals surface area contributed by atoms with Crippen molar-refractivity contribution in [1.82, 2.24) is 9.62 Å². The molecule has 0 saturated carbocycles. The number of rotatable bonds is 8. The van der Waals surface area contributed by atoms with Crippen LogP contribution in [-0.2, 0) is 14.8 Å². The van der Waals surface area contributed by atoms with Gasteiger partial charge in [-0.25, -0.2) is 13.1 Å². The lowest BCUT2D eigenvalue weighted by Crippen LogP contribution is -2.46. The van der Waals surface area contributed by atoms with E-state index in [1.807, 2.05) is 26.5 Å². The fourth-order valence-electron chi connectivity index (χ4n) is 3.50. The molecule has 0 aliphatic carbocycles. The molecule has 1 amide bonds. The molecule has 2 saturated heterocycles. The van der Waals surface area contributed by atoms with Crippen LogP contribution in [0.15, 0.2) is 35.2 Å². The third-order valence-corrected chi connectivity index (χ3v) is 9.66. The maximum absolute atomic E-state index is 12.4. The highest BCUT2D eigenvalue weighted by Gasteiger charge is 2.26. The van der Waals surface area contributed by atoms with Crippen molar-refractivity contribution in [2.75, 3.05) is 18.8 Å². The van der Waals surface area contributed by atoms with Crippen molar-refractivity contribution in [3.05, 3.63) is 30.3 Å². The number of hydrogen-bond donors (Lipinski definition) is 1. The first-order valence-corrected chi connectivity index (χ1v) is 13.5. The minimum Gasteiger partial charge on any atom is -0.343 e. The van der Waals surface area contributed by atoms with E-state index < -0.39 is 10.0 Å². The molecule has 0 spiro atoms. The fourth-order valence-corrected chi connectivity index (χ4v) is 7.86. The highest BCUT2D eigenvalue weighted by Crippen LogP contribution is 2.39. The highest BCUT2D eigenvalue weighted by molar-refractivity contribution is 8.77. The van der Waals surface area contributed by atoms with Gasteiger partial charge in [0.15, 0.2) is 0 Å². The molecule has 0 aromatic heterocycles. The molecule has 0 radical (unpaired) electrons. The molecule has 8 heteroatoms. The molecule has 2 heterocycles. The van der Waals surface area contributed by atoms with E-state index in [1.165, 1.54) is 18.6 Å². The molecule has 5 nitrogen and oxygen atoms in total. The van der Waals surface area contributed by atoms with Crippen LogP contribution in [0.5, 0.6) is 0 Å². The van der Waals surface area contributed by atoms with Gasteiger partial charge < -0.3 is 4.90 Å². The van der Waals surface area contributed by atoms with Crippen molar-refractivity contribution in [2.24, 2.45) is 0 Å².